The molecule has 3 rings (SSSR count). The predicted molar refractivity (Wildman–Crippen MR) is 138 cm³/mol. The average Bonchev–Trinajstić information content (AvgIpc) is 3.68. The van der Waals surface area contributed by atoms with E-state index in [1.165, 1.54) is 6.08 Å². The number of ketones is 1. The van der Waals surface area contributed by atoms with Crippen LogP contribution in [-0.4, -0.2) is 58.0 Å². The van der Waals surface area contributed by atoms with Crippen molar-refractivity contribution in [3.05, 3.63) is 47.6 Å². The molecule has 2 aliphatic heterocycles. The fourth-order valence-electron chi connectivity index (χ4n) is 4.74. The van der Waals surface area contributed by atoms with Crippen LogP contribution in [0.15, 0.2) is 41.9 Å². The fraction of sp³-hybridized carbons (Fsp3) is 0.621. The van der Waals surface area contributed by atoms with Gasteiger partial charge in [0.1, 0.15) is 11.6 Å². The van der Waals surface area contributed by atoms with E-state index in [0.717, 1.165) is 18.4 Å². The van der Waals surface area contributed by atoms with Crippen molar-refractivity contribution in [3.8, 4) is 0 Å². The van der Waals surface area contributed by atoms with Crippen LogP contribution in [0.25, 0.3) is 6.08 Å². The number of aliphatic hydroxyl groups is 2. The maximum Gasteiger partial charge on any atom is 0.309 e. The average molecular weight is 518 g/mol. The van der Waals surface area contributed by atoms with E-state index < -0.39 is 47.9 Å². The van der Waals surface area contributed by atoms with Gasteiger partial charge in [-0.1, -0.05) is 38.5 Å². The van der Waals surface area contributed by atoms with Crippen molar-refractivity contribution >= 4 is 17.8 Å². The highest BCUT2D eigenvalue weighted by Crippen LogP contribution is 2.36. The van der Waals surface area contributed by atoms with Gasteiger partial charge in [-0.3, -0.25) is 14.6 Å². The minimum atomic E-state index is -1.37. The molecule has 8 heteroatoms. The summed E-state index contributed by atoms with van der Waals surface area (Å²) in [6, 6.07) is 5.10. The van der Waals surface area contributed by atoms with Gasteiger partial charge in [0.15, 0.2) is 6.10 Å². The summed E-state index contributed by atoms with van der Waals surface area (Å²) in [5.41, 5.74) is 0.0829. The van der Waals surface area contributed by atoms with Crippen molar-refractivity contribution in [1.82, 2.24) is 4.98 Å². The standard InChI is InChI=1S/C29H40FNO6/c1-18-8-7-9-19(2)27(34)22(15-21-17-36-21)28(35)29(3,4)25(32)16-26(33)37-24(12-11-18)23(30)14-20-10-5-6-13-31-20/h5-6,10-11,13-14,19,21-22,24-25,27,32,34H,7-9,12,15-17H2,1-4H3. The summed E-state index contributed by atoms with van der Waals surface area (Å²) < 4.78 is 26.0. The van der Waals surface area contributed by atoms with Crippen LogP contribution in [0.3, 0.4) is 0 Å². The van der Waals surface area contributed by atoms with Crippen molar-refractivity contribution in [1.29, 1.82) is 0 Å². The molecule has 37 heavy (non-hydrogen) atoms. The summed E-state index contributed by atoms with van der Waals surface area (Å²) in [7, 11) is 0. The molecule has 0 aliphatic carbocycles. The SMILES string of the molecule is CC1=CCC(C(F)=Cc2ccccn2)OC(=O)CC(O)C(C)(C)C(=O)C(CC2CO2)C(O)C(C)CCC1. The third-order valence-corrected chi connectivity index (χ3v) is 7.55. The molecule has 2 aliphatic rings. The topological polar surface area (TPSA) is 109 Å². The van der Waals surface area contributed by atoms with E-state index in [1.807, 2.05) is 19.9 Å². The molecule has 6 atom stereocenters. The summed E-state index contributed by atoms with van der Waals surface area (Å²) in [5.74, 6) is -2.64. The van der Waals surface area contributed by atoms with Crippen LogP contribution in [0.4, 0.5) is 4.39 Å². The molecule has 1 aromatic rings. The first kappa shape index (κ1) is 29.1. The number of hydrogen-bond donors (Lipinski definition) is 2. The molecule has 0 aromatic carbocycles. The zero-order valence-electron chi connectivity index (χ0n) is 22.2. The molecule has 1 saturated heterocycles. The Balaban J connectivity index is 1.87. The van der Waals surface area contributed by atoms with Crippen molar-refractivity contribution in [2.75, 3.05) is 6.61 Å². The van der Waals surface area contributed by atoms with Crippen LogP contribution in [0, 0.1) is 17.3 Å². The first-order chi connectivity index (χ1) is 17.5. The number of carbonyl (C=O) groups excluding carboxylic acids is 2. The number of pyridine rings is 1. The number of aliphatic hydroxyl groups excluding tert-OH is 2. The normalized spacial score (nSPS) is 32.4. The second kappa shape index (κ2) is 12.9. The molecule has 0 bridgehead atoms. The smallest absolute Gasteiger partial charge is 0.309 e. The number of cyclic esters (lactones) is 1. The number of esters is 1. The second-order valence-corrected chi connectivity index (χ2v) is 11.0. The van der Waals surface area contributed by atoms with Gasteiger partial charge in [0.2, 0.25) is 0 Å². The van der Waals surface area contributed by atoms with Crippen LogP contribution in [-0.2, 0) is 19.1 Å². The third kappa shape index (κ3) is 8.28. The summed E-state index contributed by atoms with van der Waals surface area (Å²) in [6.07, 6.45) is 3.36. The van der Waals surface area contributed by atoms with Gasteiger partial charge in [0.05, 0.1) is 42.4 Å². The number of Topliss-reactive ketones (excluding diaryl/α,β-unsaturated/α-hetero) is 1. The number of halogens is 1. The molecule has 1 aromatic heterocycles. The Morgan fingerprint density at radius 3 is 2.65 bits per heavy atom. The minimum absolute atomic E-state index is 0.0842. The monoisotopic (exact) mass is 517 g/mol. The number of hydrogen-bond acceptors (Lipinski definition) is 7. The van der Waals surface area contributed by atoms with E-state index in [9.17, 15) is 19.8 Å². The van der Waals surface area contributed by atoms with E-state index >= 15 is 4.39 Å². The van der Waals surface area contributed by atoms with Gasteiger partial charge in [0, 0.05) is 18.5 Å². The Morgan fingerprint density at radius 2 is 2.00 bits per heavy atom. The maximum atomic E-state index is 15.2. The largest absolute Gasteiger partial charge is 0.455 e. The molecule has 0 amide bonds. The van der Waals surface area contributed by atoms with E-state index in [4.69, 9.17) is 9.47 Å². The van der Waals surface area contributed by atoms with Crippen molar-refractivity contribution in [2.24, 2.45) is 17.3 Å². The van der Waals surface area contributed by atoms with Gasteiger partial charge in [-0.15, -0.1) is 0 Å². The molecule has 0 spiro atoms. The highest BCUT2D eigenvalue weighted by atomic mass is 19.1. The van der Waals surface area contributed by atoms with Gasteiger partial charge in [-0.25, -0.2) is 4.39 Å². The van der Waals surface area contributed by atoms with Gasteiger partial charge in [-0.05, 0) is 56.7 Å². The van der Waals surface area contributed by atoms with Gasteiger partial charge in [0.25, 0.3) is 0 Å². The highest BCUT2D eigenvalue weighted by Gasteiger charge is 2.46. The van der Waals surface area contributed by atoms with E-state index in [2.05, 4.69) is 4.98 Å². The van der Waals surface area contributed by atoms with E-state index in [0.29, 0.717) is 25.1 Å². The summed E-state index contributed by atoms with van der Waals surface area (Å²) in [6.45, 7) is 7.55. The van der Waals surface area contributed by atoms with Gasteiger partial charge in [-0.2, -0.15) is 0 Å². The van der Waals surface area contributed by atoms with Crippen LogP contribution < -0.4 is 0 Å². The Kier molecular flexibility index (Phi) is 10.2. The molecular weight excluding hydrogens is 477 g/mol. The zero-order valence-corrected chi connectivity index (χ0v) is 22.2. The molecule has 204 valence electrons. The third-order valence-electron chi connectivity index (χ3n) is 7.55. The molecule has 1 fully saturated rings. The first-order valence-electron chi connectivity index (χ1n) is 13.1. The molecule has 3 heterocycles. The molecule has 7 nitrogen and oxygen atoms in total. The molecular formula is C29H40FNO6. The van der Waals surface area contributed by atoms with Crippen LogP contribution in [0.5, 0.6) is 0 Å². The molecule has 2 N–H and O–H groups in total. The van der Waals surface area contributed by atoms with E-state index in [-0.39, 0.29) is 24.2 Å². The lowest BCUT2D eigenvalue weighted by molar-refractivity contribution is -0.155. The molecule has 0 saturated carbocycles. The Bertz CT molecular complexity index is 987. The number of epoxide rings is 1. The number of rotatable bonds is 4. The lowest BCUT2D eigenvalue weighted by atomic mass is 9.71. The van der Waals surface area contributed by atoms with E-state index in [1.54, 1.807) is 38.2 Å². The van der Waals surface area contributed by atoms with Gasteiger partial charge >= 0.3 is 5.97 Å². The Morgan fingerprint density at radius 1 is 1.27 bits per heavy atom. The lowest BCUT2D eigenvalue weighted by Crippen LogP contribution is -2.47. The fourth-order valence-corrected chi connectivity index (χ4v) is 4.74. The lowest BCUT2D eigenvalue weighted by Gasteiger charge is -2.36. The summed E-state index contributed by atoms with van der Waals surface area (Å²) in [4.78, 5) is 30.5. The second-order valence-electron chi connectivity index (χ2n) is 11.0. The first-order valence-corrected chi connectivity index (χ1v) is 13.1. The van der Waals surface area contributed by atoms with Crippen molar-refractivity contribution < 1.29 is 33.7 Å². The van der Waals surface area contributed by atoms with Gasteiger partial charge < -0.3 is 19.7 Å². The summed E-state index contributed by atoms with van der Waals surface area (Å²) >= 11 is 0. The Labute approximate surface area is 218 Å². The number of ether oxygens (including phenoxy) is 2. The van der Waals surface area contributed by atoms with Crippen molar-refractivity contribution in [2.45, 2.75) is 90.6 Å². The minimum Gasteiger partial charge on any atom is -0.455 e. The maximum absolute atomic E-state index is 15.2. The number of carbonyl (C=O) groups is 2. The predicted octanol–water partition coefficient (Wildman–Crippen LogP) is 4.57. The Hall–Kier alpha value is -2.42. The number of nitrogens with zero attached hydrogens (tertiary/aromatic N) is 1. The quantitative estimate of drug-likeness (QED) is 0.342. The molecule has 6 unspecified atom stereocenters. The number of allylic oxidation sites excluding steroid dienone is 1. The number of aromatic nitrogens is 1. The van der Waals surface area contributed by atoms with Crippen LogP contribution in [0.1, 0.15) is 71.9 Å². The summed E-state index contributed by atoms with van der Waals surface area (Å²) in [5, 5.41) is 22.1. The van der Waals surface area contributed by atoms with Crippen LogP contribution in [0.2, 0.25) is 0 Å². The zero-order chi connectivity index (χ0) is 27.2. The molecule has 0 radical (unpaired) electrons. The highest BCUT2D eigenvalue weighted by molar-refractivity contribution is 5.88. The van der Waals surface area contributed by atoms with Crippen LogP contribution >= 0.6 is 0 Å². The van der Waals surface area contributed by atoms with Crippen molar-refractivity contribution in [3.63, 3.8) is 0 Å².